The van der Waals surface area contributed by atoms with Crippen molar-refractivity contribution in [2.24, 2.45) is 17.8 Å². The molecule has 17 nitrogen and oxygen atoms in total. The Labute approximate surface area is 371 Å². The number of aliphatic hydroxyl groups excluding tert-OH is 4. The molecule has 7 unspecified atom stereocenters. The van der Waals surface area contributed by atoms with Crippen LogP contribution in [0.15, 0.2) is 47.4 Å². The maximum Gasteiger partial charge on any atom is 0.333 e. The summed E-state index contributed by atoms with van der Waals surface area (Å²) in [5.74, 6) is -3.88. The first-order valence-electron chi connectivity index (χ1n) is 21.9. The van der Waals surface area contributed by atoms with Crippen LogP contribution in [0.4, 0.5) is 5.95 Å². The van der Waals surface area contributed by atoms with E-state index in [1.165, 1.54) is 18.1 Å². The van der Waals surface area contributed by atoms with E-state index < -0.39 is 95.3 Å². The summed E-state index contributed by atoms with van der Waals surface area (Å²) in [4.78, 5) is 48.8. The summed E-state index contributed by atoms with van der Waals surface area (Å²) in [5, 5.41) is 47.6. The van der Waals surface area contributed by atoms with Crippen LogP contribution in [0.1, 0.15) is 109 Å². The Kier molecular flexibility index (Phi) is 11.6. The predicted octanol–water partition coefficient (Wildman–Crippen LogP) is 3.91. The van der Waals surface area contributed by atoms with Crippen LogP contribution < -0.4 is 19.9 Å². The molecule has 7 aliphatic rings. The molecule has 3 aliphatic carbocycles. The van der Waals surface area contributed by atoms with E-state index in [2.05, 4.69) is 16.2 Å². The first kappa shape index (κ1) is 45.7. The molecule has 17 heteroatoms. The number of carbonyl (C=O) groups excluding carboxylic acids is 3. The first-order chi connectivity index (χ1) is 30.1. The SMILES string of the molecule is COC(=O)C(C)=CCC12OC(C)(C)C3CC(C1=O)C(n1cnc(N)n1)C1C(=O)c4c(O[C@@H]5O[C@H](CO)[C@@H](O)[C@H](O)[C@H]5O)c5c(c(CC=C(C)C)c4OC132)OC(C)(CCC=C(C)C)C=C5. The van der Waals surface area contributed by atoms with Gasteiger partial charge in [-0.1, -0.05) is 29.4 Å². The van der Waals surface area contributed by atoms with Gasteiger partial charge < -0.3 is 54.6 Å². The molecule has 5 fully saturated rings. The number of nitrogen functional groups attached to an aromatic ring is 1. The first-order valence-corrected chi connectivity index (χ1v) is 21.9. The Hall–Kier alpha value is -4.91. The van der Waals surface area contributed by atoms with Crippen LogP contribution in [0.25, 0.3) is 6.08 Å². The number of hydrogen-bond donors (Lipinski definition) is 5. The third kappa shape index (κ3) is 6.92. The van der Waals surface area contributed by atoms with Gasteiger partial charge in [0.1, 0.15) is 59.2 Å². The average Bonchev–Trinajstić information content (AvgIpc) is 3.73. The van der Waals surface area contributed by atoms with Crippen LogP contribution in [0.2, 0.25) is 0 Å². The summed E-state index contributed by atoms with van der Waals surface area (Å²) < 4.78 is 40.7. The highest BCUT2D eigenvalue weighted by Crippen LogP contribution is 2.72. The van der Waals surface area contributed by atoms with Gasteiger partial charge in [-0.3, -0.25) is 9.59 Å². The van der Waals surface area contributed by atoms with E-state index in [-0.39, 0.29) is 53.6 Å². The van der Waals surface area contributed by atoms with E-state index in [1.54, 1.807) is 19.1 Å². The molecule has 4 aliphatic heterocycles. The minimum Gasteiger partial charge on any atom is -0.482 e. The van der Waals surface area contributed by atoms with Crippen molar-refractivity contribution >= 4 is 29.6 Å². The topological polar surface area (TPSA) is 244 Å². The summed E-state index contributed by atoms with van der Waals surface area (Å²) in [6.45, 7) is 14.5. The van der Waals surface area contributed by atoms with E-state index in [1.807, 2.05) is 60.6 Å². The summed E-state index contributed by atoms with van der Waals surface area (Å²) in [7, 11) is 1.27. The smallest absolute Gasteiger partial charge is 0.333 e. The third-order valence-electron chi connectivity index (χ3n) is 14.1. The lowest BCUT2D eigenvalue weighted by Crippen LogP contribution is -2.78. The van der Waals surface area contributed by atoms with Gasteiger partial charge in [-0.15, -0.1) is 5.10 Å². The second kappa shape index (κ2) is 16.2. The van der Waals surface area contributed by atoms with Crippen molar-refractivity contribution in [3.8, 4) is 17.2 Å². The highest BCUT2D eigenvalue weighted by molar-refractivity contribution is 6.10. The summed E-state index contributed by atoms with van der Waals surface area (Å²) in [5.41, 5.74) is 3.72. The van der Waals surface area contributed by atoms with Crippen LogP contribution >= 0.6 is 0 Å². The fourth-order valence-corrected chi connectivity index (χ4v) is 11.1. The maximum atomic E-state index is 16.4. The van der Waals surface area contributed by atoms with Gasteiger partial charge in [-0.05, 0) is 93.2 Å². The Morgan fingerprint density at radius 2 is 1.72 bits per heavy atom. The molecule has 0 amide bonds. The van der Waals surface area contributed by atoms with Gasteiger partial charge in [0.05, 0.1) is 36.8 Å². The zero-order valence-electron chi connectivity index (χ0n) is 37.8. The van der Waals surface area contributed by atoms with Crippen molar-refractivity contribution < 1.29 is 63.2 Å². The molecule has 4 bridgehead atoms. The molecule has 346 valence electrons. The number of fused-ring (bicyclic) bond motifs is 2. The molecule has 5 heterocycles. The van der Waals surface area contributed by atoms with Crippen molar-refractivity contribution in [1.29, 1.82) is 0 Å². The van der Waals surface area contributed by atoms with Crippen molar-refractivity contribution in [3.05, 3.63) is 64.0 Å². The van der Waals surface area contributed by atoms with Crippen molar-refractivity contribution in [1.82, 2.24) is 14.8 Å². The third-order valence-corrected chi connectivity index (χ3v) is 14.1. The molecule has 1 aromatic heterocycles. The molecule has 6 N–H and O–H groups in total. The lowest BCUT2D eigenvalue weighted by molar-refractivity contribution is -0.277. The molecular formula is C47H60N4O13. The molecule has 1 spiro atoms. The number of esters is 1. The molecule has 9 rings (SSSR count). The second-order valence-electron chi connectivity index (χ2n) is 19.3. The van der Waals surface area contributed by atoms with Crippen LogP contribution in [-0.2, 0) is 30.2 Å². The van der Waals surface area contributed by atoms with Gasteiger partial charge in [0.25, 0.3) is 0 Å². The minimum absolute atomic E-state index is 0.0448. The molecule has 2 saturated heterocycles. The average molecular weight is 889 g/mol. The minimum atomic E-state index is -1.84. The van der Waals surface area contributed by atoms with E-state index in [9.17, 15) is 25.2 Å². The van der Waals surface area contributed by atoms with Crippen LogP contribution in [-0.4, -0.2) is 120 Å². The van der Waals surface area contributed by atoms with Gasteiger partial charge in [0, 0.05) is 29.4 Å². The van der Waals surface area contributed by atoms with E-state index in [0.717, 1.165) is 11.1 Å². The van der Waals surface area contributed by atoms with Crippen molar-refractivity contribution in [2.75, 3.05) is 19.5 Å². The number of anilines is 1. The van der Waals surface area contributed by atoms with Gasteiger partial charge in [0.2, 0.25) is 12.2 Å². The summed E-state index contributed by atoms with van der Waals surface area (Å²) in [6.07, 6.45) is 3.99. The molecule has 12 atom stereocenters. The summed E-state index contributed by atoms with van der Waals surface area (Å²) in [6, 6.07) is -0.979. The fourth-order valence-electron chi connectivity index (χ4n) is 11.1. The number of methoxy groups -OCH3 is 1. The van der Waals surface area contributed by atoms with Crippen LogP contribution in [0.5, 0.6) is 17.2 Å². The van der Waals surface area contributed by atoms with E-state index >= 15 is 9.59 Å². The maximum absolute atomic E-state index is 16.4. The van der Waals surface area contributed by atoms with Gasteiger partial charge in [0.15, 0.2) is 22.8 Å². The number of ether oxygens (including phenoxy) is 6. The standard InChI is InChI=1S/C47H60N4O13/c1-22(2)11-10-16-45(8)17-15-26-37(62-45)25(13-12-23(3)4)39-30(38(26)61-42-36(56)35(55)33(53)28(20-52)60-42)34(54)31-32(51-21-49-43(48)50-51)27-19-29-44(6,7)64-46(40(27)57,47(29,31)63-39)18-14-24(5)41(58)59-9/h11-12,14-15,17,21,27-29,31-33,35-36,42,52-53,55-56H,10,13,16,18-20H2,1-9H3,(H2,48,50)/t27?,28-,29?,31?,32?,33-,35+,36-,42+,45?,46?,47?/m1/s1. The number of nitrogens with zero attached hydrogens (tertiary/aromatic N) is 3. The van der Waals surface area contributed by atoms with Gasteiger partial charge >= 0.3 is 5.97 Å². The molecule has 0 radical (unpaired) electrons. The Morgan fingerprint density at radius 3 is 2.36 bits per heavy atom. The lowest BCUT2D eigenvalue weighted by Gasteiger charge is -2.62. The number of allylic oxidation sites excluding steroid dienone is 4. The number of benzene rings is 1. The van der Waals surface area contributed by atoms with E-state index in [4.69, 9.17) is 34.2 Å². The number of nitrogens with two attached hydrogens (primary N) is 1. The number of carbonyl (C=O) groups is 3. The zero-order valence-corrected chi connectivity index (χ0v) is 37.8. The number of rotatable bonds is 12. The van der Waals surface area contributed by atoms with Crippen molar-refractivity contribution in [3.63, 3.8) is 0 Å². The van der Waals surface area contributed by atoms with Crippen LogP contribution in [0.3, 0.4) is 0 Å². The monoisotopic (exact) mass is 888 g/mol. The Bertz CT molecular complexity index is 2380. The quantitative estimate of drug-likeness (QED) is 0.115. The number of Topliss-reactive ketones (excluding diaryl/α,β-unsaturated/α-hetero) is 2. The Morgan fingerprint density at radius 1 is 1.00 bits per heavy atom. The molecule has 2 aromatic rings. The van der Waals surface area contributed by atoms with Gasteiger partial charge in [-0.2, -0.15) is 0 Å². The highest BCUT2D eigenvalue weighted by atomic mass is 16.7. The van der Waals surface area contributed by atoms with Crippen LogP contribution in [0, 0.1) is 17.8 Å². The summed E-state index contributed by atoms with van der Waals surface area (Å²) >= 11 is 0. The number of aliphatic hydroxyl groups is 4. The lowest BCUT2D eigenvalue weighted by atomic mass is 9.45. The molecule has 64 heavy (non-hydrogen) atoms. The largest absolute Gasteiger partial charge is 0.482 e. The van der Waals surface area contributed by atoms with Gasteiger partial charge in [-0.25, -0.2) is 14.5 Å². The molecule has 3 saturated carbocycles. The Balaban J connectivity index is 1.43. The predicted molar refractivity (Wildman–Crippen MR) is 230 cm³/mol. The second-order valence-corrected chi connectivity index (χ2v) is 19.3. The normalized spacial score (nSPS) is 35.4. The highest BCUT2D eigenvalue weighted by Gasteiger charge is 2.86. The fraction of sp³-hybridized carbons (Fsp3) is 0.596. The number of ketones is 2. The zero-order chi connectivity index (χ0) is 46.4. The molecule has 1 aromatic carbocycles. The van der Waals surface area contributed by atoms with Crippen molar-refractivity contribution in [2.45, 2.75) is 147 Å². The molecular weight excluding hydrogens is 829 g/mol. The number of hydrogen-bond acceptors (Lipinski definition) is 16. The number of aromatic nitrogens is 3. The van der Waals surface area contributed by atoms with E-state index in [0.29, 0.717) is 29.7 Å².